The van der Waals surface area contributed by atoms with E-state index in [4.69, 9.17) is 0 Å². The van der Waals surface area contributed by atoms with Crippen molar-refractivity contribution >= 4 is 11.6 Å². The van der Waals surface area contributed by atoms with Gasteiger partial charge in [0, 0.05) is 17.7 Å². The number of halogens is 1. The lowest BCUT2D eigenvalue weighted by molar-refractivity contribution is -0.116. The molecule has 1 aliphatic carbocycles. The zero-order valence-electron chi connectivity index (χ0n) is 12.4. The smallest absolute Gasteiger partial charge is 0.205 e. The van der Waals surface area contributed by atoms with Crippen molar-refractivity contribution < 1.29 is 14.0 Å². The second-order valence-electron chi connectivity index (χ2n) is 5.43. The minimum Gasteiger partial charge on any atom is -0.377 e. The predicted octanol–water partition coefficient (Wildman–Crippen LogP) is 2.92. The number of hydrogen-bond acceptors (Lipinski definition) is 3. The summed E-state index contributed by atoms with van der Waals surface area (Å²) in [6.45, 7) is 5.78. The van der Waals surface area contributed by atoms with Crippen molar-refractivity contribution in [1.82, 2.24) is 5.32 Å². The number of rotatable bonds is 4. The first-order valence-corrected chi connectivity index (χ1v) is 6.90. The number of carbonyl (C=O) groups excluding carboxylic acids is 2. The van der Waals surface area contributed by atoms with Gasteiger partial charge in [-0.1, -0.05) is 26.0 Å². The normalized spacial score (nSPS) is 15.6. The van der Waals surface area contributed by atoms with E-state index in [-0.39, 0.29) is 23.3 Å². The summed E-state index contributed by atoms with van der Waals surface area (Å²) in [4.78, 5) is 24.3. The average Bonchev–Trinajstić information content (AvgIpc) is 2.44. The van der Waals surface area contributed by atoms with Crippen LogP contribution in [0.1, 0.15) is 26.3 Å². The van der Waals surface area contributed by atoms with E-state index in [1.165, 1.54) is 18.2 Å². The molecule has 1 N–H and O–H groups in total. The van der Waals surface area contributed by atoms with Crippen LogP contribution in [0.4, 0.5) is 4.39 Å². The van der Waals surface area contributed by atoms with Gasteiger partial charge in [-0.2, -0.15) is 0 Å². The van der Waals surface area contributed by atoms with Crippen LogP contribution in [0.25, 0.3) is 0 Å². The number of allylic oxidation sites excluding steroid dienone is 3. The maximum Gasteiger partial charge on any atom is 0.205 e. The summed E-state index contributed by atoms with van der Waals surface area (Å²) < 4.78 is 12.9. The number of hydrogen-bond donors (Lipinski definition) is 1. The van der Waals surface area contributed by atoms with Crippen LogP contribution in [-0.2, 0) is 16.1 Å². The van der Waals surface area contributed by atoms with Crippen LogP contribution in [0, 0.1) is 11.7 Å². The molecule has 0 heterocycles. The predicted molar refractivity (Wildman–Crippen MR) is 78.9 cm³/mol. The van der Waals surface area contributed by atoms with Gasteiger partial charge >= 0.3 is 0 Å². The fourth-order valence-corrected chi connectivity index (χ4v) is 2.19. The Kier molecular flexibility index (Phi) is 4.36. The average molecular weight is 287 g/mol. The summed E-state index contributed by atoms with van der Waals surface area (Å²) in [6.07, 6.45) is 1.42. The molecule has 0 amide bonds. The molecule has 0 radical (unpaired) electrons. The van der Waals surface area contributed by atoms with E-state index < -0.39 is 0 Å². The highest BCUT2D eigenvalue weighted by atomic mass is 19.1. The Labute approximate surface area is 123 Å². The first kappa shape index (κ1) is 15.2. The van der Waals surface area contributed by atoms with Gasteiger partial charge in [0.05, 0.1) is 5.70 Å². The molecular formula is C17H18FNO2. The Morgan fingerprint density at radius 1 is 1.14 bits per heavy atom. The third kappa shape index (κ3) is 3.27. The number of carbonyl (C=O) groups is 2. The van der Waals surface area contributed by atoms with Crippen molar-refractivity contribution in [2.75, 3.05) is 0 Å². The summed E-state index contributed by atoms with van der Waals surface area (Å²) in [7, 11) is 0. The Morgan fingerprint density at radius 3 is 2.33 bits per heavy atom. The summed E-state index contributed by atoms with van der Waals surface area (Å²) in [5.74, 6) is -0.579. The van der Waals surface area contributed by atoms with Gasteiger partial charge in [0.25, 0.3) is 0 Å². The van der Waals surface area contributed by atoms with Gasteiger partial charge in [-0.25, -0.2) is 4.39 Å². The van der Waals surface area contributed by atoms with Gasteiger partial charge in [-0.15, -0.1) is 0 Å². The maximum atomic E-state index is 12.9. The van der Waals surface area contributed by atoms with Crippen LogP contribution in [0.3, 0.4) is 0 Å². The lowest BCUT2D eigenvalue weighted by Crippen LogP contribution is -2.29. The first-order valence-electron chi connectivity index (χ1n) is 6.90. The maximum absolute atomic E-state index is 12.9. The molecule has 1 aliphatic rings. The quantitative estimate of drug-likeness (QED) is 0.866. The molecule has 1 aromatic carbocycles. The Bertz CT molecular complexity index is 639. The molecule has 2 rings (SSSR count). The largest absolute Gasteiger partial charge is 0.377 e. The molecule has 1 aromatic rings. The third-order valence-electron chi connectivity index (χ3n) is 3.53. The van der Waals surface area contributed by atoms with Crippen molar-refractivity contribution in [3.05, 3.63) is 58.6 Å². The standard InChI is InChI=1S/C17H18FNO2/c1-10(2)14-8-15(20)11(3)16(17(14)21)19-9-12-4-6-13(18)7-5-12/h4-8,10,19H,9H2,1-3H3. The van der Waals surface area contributed by atoms with E-state index in [1.54, 1.807) is 19.1 Å². The summed E-state index contributed by atoms with van der Waals surface area (Å²) in [5.41, 5.74) is 2.13. The molecule has 0 saturated carbocycles. The van der Waals surface area contributed by atoms with Crippen LogP contribution in [-0.4, -0.2) is 11.6 Å². The van der Waals surface area contributed by atoms with Crippen molar-refractivity contribution in [1.29, 1.82) is 0 Å². The molecule has 21 heavy (non-hydrogen) atoms. The van der Waals surface area contributed by atoms with Gasteiger partial charge in [-0.3, -0.25) is 9.59 Å². The van der Waals surface area contributed by atoms with E-state index in [0.29, 0.717) is 23.4 Å². The lowest BCUT2D eigenvalue weighted by Gasteiger charge is -2.20. The highest BCUT2D eigenvalue weighted by Crippen LogP contribution is 2.23. The molecule has 110 valence electrons. The van der Waals surface area contributed by atoms with E-state index in [1.807, 2.05) is 13.8 Å². The second-order valence-corrected chi connectivity index (χ2v) is 5.43. The summed E-state index contributed by atoms with van der Waals surface area (Å²) in [6, 6.07) is 6.02. The molecule has 0 unspecified atom stereocenters. The fraction of sp³-hybridized carbons (Fsp3) is 0.294. The zero-order valence-corrected chi connectivity index (χ0v) is 12.4. The van der Waals surface area contributed by atoms with Crippen molar-refractivity contribution in [2.45, 2.75) is 27.3 Å². The van der Waals surface area contributed by atoms with Gasteiger partial charge < -0.3 is 5.32 Å². The van der Waals surface area contributed by atoms with Crippen LogP contribution in [0.2, 0.25) is 0 Å². The van der Waals surface area contributed by atoms with E-state index in [9.17, 15) is 14.0 Å². The van der Waals surface area contributed by atoms with Crippen LogP contribution in [0.5, 0.6) is 0 Å². The summed E-state index contributed by atoms with van der Waals surface area (Å²) in [5, 5.41) is 3.02. The Balaban J connectivity index is 2.18. The van der Waals surface area contributed by atoms with Crippen LogP contribution in [0.15, 0.2) is 47.2 Å². The first-order chi connectivity index (χ1) is 9.90. The molecule has 4 heteroatoms. The van der Waals surface area contributed by atoms with Gasteiger partial charge in [-0.05, 0) is 36.6 Å². The van der Waals surface area contributed by atoms with Gasteiger partial charge in [0.2, 0.25) is 5.78 Å². The monoisotopic (exact) mass is 287 g/mol. The van der Waals surface area contributed by atoms with E-state index >= 15 is 0 Å². The molecular weight excluding hydrogens is 269 g/mol. The van der Waals surface area contributed by atoms with Gasteiger partial charge in [0.1, 0.15) is 5.82 Å². The van der Waals surface area contributed by atoms with E-state index in [0.717, 1.165) is 5.56 Å². The number of nitrogens with one attached hydrogen (secondary N) is 1. The van der Waals surface area contributed by atoms with E-state index in [2.05, 4.69) is 5.32 Å². The van der Waals surface area contributed by atoms with Crippen LogP contribution < -0.4 is 5.32 Å². The van der Waals surface area contributed by atoms with Crippen molar-refractivity contribution in [3.63, 3.8) is 0 Å². The Hall–Kier alpha value is -2.23. The van der Waals surface area contributed by atoms with Crippen molar-refractivity contribution in [3.8, 4) is 0 Å². The molecule has 0 aromatic heterocycles. The number of benzene rings is 1. The topological polar surface area (TPSA) is 46.2 Å². The number of ketones is 2. The molecule has 0 aliphatic heterocycles. The molecule has 0 fully saturated rings. The van der Waals surface area contributed by atoms with Crippen molar-refractivity contribution in [2.24, 2.45) is 5.92 Å². The molecule has 0 saturated heterocycles. The fourth-order valence-electron chi connectivity index (χ4n) is 2.19. The molecule has 0 atom stereocenters. The highest BCUT2D eigenvalue weighted by molar-refractivity contribution is 6.22. The minimum absolute atomic E-state index is 0.00262. The van der Waals surface area contributed by atoms with Crippen LogP contribution >= 0.6 is 0 Å². The van der Waals surface area contributed by atoms with Gasteiger partial charge in [0.15, 0.2) is 5.78 Å². The summed E-state index contributed by atoms with van der Waals surface area (Å²) >= 11 is 0. The Morgan fingerprint density at radius 2 is 1.76 bits per heavy atom. The third-order valence-corrected chi connectivity index (χ3v) is 3.53. The minimum atomic E-state index is -0.303. The second kappa shape index (κ2) is 6.04. The zero-order chi connectivity index (χ0) is 15.6. The lowest BCUT2D eigenvalue weighted by atomic mass is 9.88. The molecule has 3 nitrogen and oxygen atoms in total. The SMILES string of the molecule is CC1=C(NCc2ccc(F)cc2)C(=O)C(C(C)C)=CC1=O. The number of Topliss-reactive ketones (excluding diaryl/α,β-unsaturated/α-hetero) is 1. The highest BCUT2D eigenvalue weighted by Gasteiger charge is 2.27. The molecule has 0 spiro atoms. The molecule has 0 bridgehead atoms.